The first-order valence-electron chi connectivity index (χ1n) is 4.32. The third-order valence-electron chi connectivity index (χ3n) is 1.73. The summed E-state index contributed by atoms with van der Waals surface area (Å²) in [6.45, 7) is 0.457. The van der Waals surface area contributed by atoms with E-state index in [4.69, 9.17) is 10.5 Å². The number of ether oxygens (including phenoxy) is 1. The molecule has 0 amide bonds. The van der Waals surface area contributed by atoms with Crippen LogP contribution in [0.1, 0.15) is 5.01 Å². The highest BCUT2D eigenvalue weighted by atomic mass is 79.9. The quantitative estimate of drug-likeness (QED) is 0.942. The van der Waals surface area contributed by atoms with Crippen molar-refractivity contribution in [2.75, 3.05) is 5.73 Å². The number of nitrogen functional groups attached to an aromatic ring is 1. The van der Waals surface area contributed by atoms with E-state index < -0.39 is 0 Å². The maximum atomic E-state index is 5.56. The lowest BCUT2D eigenvalue weighted by atomic mass is 10.3. The molecule has 0 saturated heterocycles. The van der Waals surface area contributed by atoms with Gasteiger partial charge in [-0.3, -0.25) is 0 Å². The van der Waals surface area contributed by atoms with Crippen molar-refractivity contribution in [2.24, 2.45) is 0 Å². The van der Waals surface area contributed by atoms with Crippen LogP contribution >= 0.6 is 27.3 Å². The van der Waals surface area contributed by atoms with E-state index in [1.54, 1.807) is 6.20 Å². The first kappa shape index (κ1) is 10.4. The van der Waals surface area contributed by atoms with Crippen molar-refractivity contribution in [1.29, 1.82) is 0 Å². The monoisotopic (exact) mass is 284 g/mol. The average molecular weight is 285 g/mol. The van der Waals surface area contributed by atoms with Gasteiger partial charge in [0.05, 0.1) is 6.20 Å². The SMILES string of the molecule is Nc1cnc(COc2cccc(Br)c2)s1. The molecular weight excluding hydrogens is 276 g/mol. The van der Waals surface area contributed by atoms with Crippen LogP contribution < -0.4 is 10.5 Å². The van der Waals surface area contributed by atoms with Crippen LogP contribution in [-0.2, 0) is 6.61 Å². The fraction of sp³-hybridized carbons (Fsp3) is 0.100. The molecule has 1 heterocycles. The summed E-state index contributed by atoms with van der Waals surface area (Å²) in [5.41, 5.74) is 5.56. The van der Waals surface area contributed by atoms with Crippen molar-refractivity contribution >= 4 is 32.3 Å². The maximum Gasteiger partial charge on any atom is 0.140 e. The summed E-state index contributed by atoms with van der Waals surface area (Å²) in [5, 5.41) is 1.59. The fourth-order valence-electron chi connectivity index (χ4n) is 1.09. The summed E-state index contributed by atoms with van der Waals surface area (Å²) in [6.07, 6.45) is 1.64. The molecule has 0 unspecified atom stereocenters. The molecule has 1 aromatic carbocycles. The predicted molar refractivity (Wildman–Crippen MR) is 65.0 cm³/mol. The Balaban J connectivity index is 1.99. The number of halogens is 1. The van der Waals surface area contributed by atoms with Crippen LogP contribution in [0.2, 0.25) is 0 Å². The van der Waals surface area contributed by atoms with Crippen LogP contribution in [0.25, 0.3) is 0 Å². The molecule has 1 aromatic heterocycles. The Kier molecular flexibility index (Phi) is 3.23. The van der Waals surface area contributed by atoms with Gasteiger partial charge < -0.3 is 10.5 Å². The Bertz CT molecular complexity index is 458. The normalized spacial score (nSPS) is 10.2. The zero-order chi connectivity index (χ0) is 10.7. The highest BCUT2D eigenvalue weighted by Gasteiger charge is 2.00. The van der Waals surface area contributed by atoms with Crippen molar-refractivity contribution in [3.05, 3.63) is 39.9 Å². The van der Waals surface area contributed by atoms with Crippen LogP contribution in [0.4, 0.5) is 5.00 Å². The fourth-order valence-corrected chi connectivity index (χ4v) is 2.07. The Morgan fingerprint density at radius 3 is 3.00 bits per heavy atom. The molecule has 0 atom stereocenters. The molecule has 2 rings (SSSR count). The lowest BCUT2D eigenvalue weighted by molar-refractivity contribution is 0.305. The number of hydrogen-bond acceptors (Lipinski definition) is 4. The number of rotatable bonds is 3. The van der Waals surface area contributed by atoms with Crippen LogP contribution in [-0.4, -0.2) is 4.98 Å². The van der Waals surface area contributed by atoms with E-state index in [1.165, 1.54) is 11.3 Å². The molecule has 0 aliphatic rings. The van der Waals surface area contributed by atoms with Gasteiger partial charge in [-0.05, 0) is 18.2 Å². The highest BCUT2D eigenvalue weighted by Crippen LogP contribution is 2.20. The standard InChI is InChI=1S/C10H9BrN2OS/c11-7-2-1-3-8(4-7)14-6-10-13-5-9(12)15-10/h1-5H,6,12H2. The first-order valence-corrected chi connectivity index (χ1v) is 5.93. The van der Waals surface area contributed by atoms with Crippen molar-refractivity contribution in [3.8, 4) is 5.75 Å². The number of nitrogens with two attached hydrogens (primary N) is 1. The molecule has 0 spiro atoms. The number of benzene rings is 1. The molecule has 0 aliphatic carbocycles. The second kappa shape index (κ2) is 4.63. The number of nitrogens with zero attached hydrogens (tertiary/aromatic N) is 1. The molecule has 2 N–H and O–H groups in total. The van der Waals surface area contributed by atoms with E-state index >= 15 is 0 Å². The van der Waals surface area contributed by atoms with Gasteiger partial charge in [0.1, 0.15) is 22.4 Å². The minimum atomic E-state index is 0.457. The Morgan fingerprint density at radius 2 is 2.33 bits per heavy atom. The topological polar surface area (TPSA) is 48.1 Å². The van der Waals surface area contributed by atoms with Crippen LogP contribution in [0.15, 0.2) is 34.9 Å². The van der Waals surface area contributed by atoms with E-state index in [1.807, 2.05) is 24.3 Å². The second-order valence-corrected chi connectivity index (χ2v) is 4.96. The Morgan fingerprint density at radius 1 is 1.47 bits per heavy atom. The molecule has 15 heavy (non-hydrogen) atoms. The van der Waals surface area contributed by atoms with E-state index in [9.17, 15) is 0 Å². The van der Waals surface area contributed by atoms with Gasteiger partial charge in [-0.25, -0.2) is 4.98 Å². The van der Waals surface area contributed by atoms with Gasteiger partial charge in [0.15, 0.2) is 0 Å². The van der Waals surface area contributed by atoms with Crippen molar-refractivity contribution in [2.45, 2.75) is 6.61 Å². The summed E-state index contributed by atoms with van der Waals surface area (Å²) in [4.78, 5) is 4.11. The third kappa shape index (κ3) is 2.94. The largest absolute Gasteiger partial charge is 0.486 e. The van der Waals surface area contributed by atoms with Crippen LogP contribution in [0.5, 0.6) is 5.75 Å². The lowest BCUT2D eigenvalue weighted by Gasteiger charge is -2.03. The van der Waals surface area contributed by atoms with E-state index in [0.717, 1.165) is 15.2 Å². The van der Waals surface area contributed by atoms with Gasteiger partial charge >= 0.3 is 0 Å². The number of hydrogen-bond donors (Lipinski definition) is 1. The van der Waals surface area contributed by atoms with Gasteiger partial charge in [-0.1, -0.05) is 33.3 Å². The predicted octanol–water partition coefficient (Wildman–Crippen LogP) is 3.07. The Hall–Kier alpha value is -1.07. The summed E-state index contributed by atoms with van der Waals surface area (Å²) >= 11 is 4.82. The minimum absolute atomic E-state index is 0.457. The first-order chi connectivity index (χ1) is 7.24. The highest BCUT2D eigenvalue weighted by molar-refractivity contribution is 9.10. The molecule has 78 valence electrons. The van der Waals surface area contributed by atoms with Gasteiger partial charge in [0.25, 0.3) is 0 Å². The maximum absolute atomic E-state index is 5.56. The smallest absolute Gasteiger partial charge is 0.140 e. The molecule has 0 saturated carbocycles. The van der Waals surface area contributed by atoms with Gasteiger partial charge in [-0.2, -0.15) is 0 Å². The Labute approximate surface area is 100 Å². The van der Waals surface area contributed by atoms with Crippen molar-refractivity contribution in [1.82, 2.24) is 4.98 Å². The molecule has 0 radical (unpaired) electrons. The summed E-state index contributed by atoms with van der Waals surface area (Å²) in [6, 6.07) is 7.70. The molecule has 3 nitrogen and oxygen atoms in total. The van der Waals surface area contributed by atoms with Crippen LogP contribution in [0.3, 0.4) is 0 Å². The summed E-state index contributed by atoms with van der Waals surface area (Å²) in [5.74, 6) is 0.818. The van der Waals surface area contributed by atoms with Crippen molar-refractivity contribution < 1.29 is 4.74 Å². The number of aromatic nitrogens is 1. The molecule has 0 aliphatic heterocycles. The van der Waals surface area contributed by atoms with E-state index in [2.05, 4.69) is 20.9 Å². The zero-order valence-corrected chi connectivity index (χ0v) is 10.2. The number of anilines is 1. The molecule has 5 heteroatoms. The number of thiazole rings is 1. The lowest BCUT2D eigenvalue weighted by Crippen LogP contribution is -1.93. The van der Waals surface area contributed by atoms with E-state index in [-0.39, 0.29) is 0 Å². The van der Waals surface area contributed by atoms with Crippen molar-refractivity contribution in [3.63, 3.8) is 0 Å². The molecule has 2 aromatic rings. The zero-order valence-electron chi connectivity index (χ0n) is 7.81. The molecular formula is C10H9BrN2OS. The molecule has 0 fully saturated rings. The van der Waals surface area contributed by atoms with Gasteiger partial charge in [-0.15, -0.1) is 0 Å². The second-order valence-electron chi connectivity index (χ2n) is 2.90. The minimum Gasteiger partial charge on any atom is -0.486 e. The summed E-state index contributed by atoms with van der Waals surface area (Å²) < 4.78 is 6.55. The van der Waals surface area contributed by atoms with Crippen LogP contribution in [0, 0.1) is 0 Å². The third-order valence-corrected chi connectivity index (χ3v) is 3.02. The van der Waals surface area contributed by atoms with Gasteiger partial charge in [0, 0.05) is 4.47 Å². The van der Waals surface area contributed by atoms with Gasteiger partial charge in [0.2, 0.25) is 0 Å². The summed E-state index contributed by atoms with van der Waals surface area (Å²) in [7, 11) is 0. The average Bonchev–Trinajstić information content (AvgIpc) is 2.62. The van der Waals surface area contributed by atoms with E-state index in [0.29, 0.717) is 11.6 Å². The molecule has 0 bridgehead atoms.